The fourth-order valence-electron chi connectivity index (χ4n) is 1.43. The summed E-state index contributed by atoms with van der Waals surface area (Å²) in [5, 5.41) is 19.2. The Morgan fingerprint density at radius 3 is 3.05 bits per heavy atom. The SMILES string of the molecule is Cc1ccc(C(=O)Nc2nncs2)cc1C#CCO. The zero-order valence-electron chi connectivity index (χ0n) is 10.2. The number of carbonyl (C=O) groups excluding carboxylic acids is 1. The minimum Gasteiger partial charge on any atom is -0.384 e. The molecule has 0 radical (unpaired) electrons. The van der Waals surface area contributed by atoms with Gasteiger partial charge in [-0.2, -0.15) is 0 Å². The maximum atomic E-state index is 12.0. The van der Waals surface area contributed by atoms with Gasteiger partial charge in [0.1, 0.15) is 12.1 Å². The fraction of sp³-hybridized carbons (Fsp3) is 0.154. The summed E-state index contributed by atoms with van der Waals surface area (Å²) in [7, 11) is 0. The molecule has 0 atom stereocenters. The Hall–Kier alpha value is -2.23. The van der Waals surface area contributed by atoms with Crippen LogP contribution in [-0.2, 0) is 0 Å². The van der Waals surface area contributed by atoms with Crippen LogP contribution in [0.25, 0.3) is 0 Å². The third kappa shape index (κ3) is 3.37. The molecule has 2 aromatic rings. The summed E-state index contributed by atoms with van der Waals surface area (Å²) in [4.78, 5) is 12.0. The Balaban J connectivity index is 2.22. The molecule has 5 nitrogen and oxygen atoms in total. The second-order valence-electron chi connectivity index (χ2n) is 3.69. The van der Waals surface area contributed by atoms with Crippen molar-refractivity contribution in [1.29, 1.82) is 0 Å². The van der Waals surface area contributed by atoms with Crippen molar-refractivity contribution in [3.05, 3.63) is 40.4 Å². The molecule has 0 aliphatic heterocycles. The van der Waals surface area contributed by atoms with Gasteiger partial charge in [0.2, 0.25) is 5.13 Å². The van der Waals surface area contributed by atoms with E-state index >= 15 is 0 Å². The third-order valence-corrected chi connectivity index (χ3v) is 2.99. The fourth-order valence-corrected chi connectivity index (χ4v) is 1.87. The van der Waals surface area contributed by atoms with E-state index in [1.54, 1.807) is 17.6 Å². The van der Waals surface area contributed by atoms with Crippen LogP contribution in [0, 0.1) is 18.8 Å². The van der Waals surface area contributed by atoms with E-state index in [1.165, 1.54) is 11.3 Å². The van der Waals surface area contributed by atoms with Crippen LogP contribution in [0.2, 0.25) is 0 Å². The van der Waals surface area contributed by atoms with Gasteiger partial charge >= 0.3 is 0 Å². The molecule has 6 heteroatoms. The van der Waals surface area contributed by atoms with Crippen LogP contribution in [0.3, 0.4) is 0 Å². The number of nitrogens with zero attached hydrogens (tertiary/aromatic N) is 2. The number of aliphatic hydroxyl groups is 1. The van der Waals surface area contributed by atoms with Crippen LogP contribution in [0.1, 0.15) is 21.5 Å². The number of aromatic nitrogens is 2. The standard InChI is InChI=1S/C13H11N3O2S/c1-9-4-5-11(7-10(9)3-2-6-17)12(18)15-13-16-14-8-19-13/h4-5,7-8,17H,6H2,1H3,(H,15,16,18). The second-order valence-corrected chi connectivity index (χ2v) is 4.52. The summed E-state index contributed by atoms with van der Waals surface area (Å²) in [6, 6.07) is 5.22. The van der Waals surface area contributed by atoms with E-state index in [0.29, 0.717) is 10.7 Å². The van der Waals surface area contributed by atoms with Gasteiger partial charge in [-0.1, -0.05) is 29.2 Å². The highest BCUT2D eigenvalue weighted by molar-refractivity contribution is 7.13. The van der Waals surface area contributed by atoms with Crippen molar-refractivity contribution in [3.63, 3.8) is 0 Å². The molecule has 1 heterocycles. The lowest BCUT2D eigenvalue weighted by molar-refractivity contribution is 0.102. The lowest BCUT2D eigenvalue weighted by Gasteiger charge is -2.04. The molecule has 0 spiro atoms. The molecule has 2 N–H and O–H groups in total. The van der Waals surface area contributed by atoms with E-state index < -0.39 is 0 Å². The number of hydrogen-bond acceptors (Lipinski definition) is 5. The van der Waals surface area contributed by atoms with Gasteiger partial charge in [-0.3, -0.25) is 10.1 Å². The topological polar surface area (TPSA) is 75.1 Å². The van der Waals surface area contributed by atoms with Gasteiger partial charge in [-0.05, 0) is 24.6 Å². The number of aryl methyl sites for hydroxylation is 1. The highest BCUT2D eigenvalue weighted by atomic mass is 32.1. The Labute approximate surface area is 114 Å². The van der Waals surface area contributed by atoms with Gasteiger partial charge in [0.25, 0.3) is 5.91 Å². The minimum absolute atomic E-state index is 0.208. The summed E-state index contributed by atoms with van der Waals surface area (Å²) < 4.78 is 0. The quantitative estimate of drug-likeness (QED) is 0.812. The normalized spacial score (nSPS) is 9.58. The predicted octanol–water partition coefficient (Wildman–Crippen LogP) is 1.44. The molecule has 0 bridgehead atoms. The van der Waals surface area contributed by atoms with Crippen molar-refractivity contribution >= 4 is 22.4 Å². The smallest absolute Gasteiger partial charge is 0.257 e. The molecular formula is C13H11N3O2S. The van der Waals surface area contributed by atoms with E-state index in [2.05, 4.69) is 27.4 Å². The largest absolute Gasteiger partial charge is 0.384 e. The third-order valence-electron chi connectivity index (χ3n) is 2.38. The molecule has 0 unspecified atom stereocenters. The zero-order valence-corrected chi connectivity index (χ0v) is 11.0. The first-order chi connectivity index (χ1) is 9.20. The molecule has 0 aliphatic carbocycles. The molecule has 0 aliphatic rings. The van der Waals surface area contributed by atoms with Crippen molar-refractivity contribution in [2.24, 2.45) is 0 Å². The van der Waals surface area contributed by atoms with Crippen LogP contribution >= 0.6 is 11.3 Å². The predicted molar refractivity (Wildman–Crippen MR) is 73.0 cm³/mol. The first-order valence-electron chi connectivity index (χ1n) is 5.48. The van der Waals surface area contributed by atoms with Gasteiger partial charge in [0.15, 0.2) is 0 Å². The lowest BCUT2D eigenvalue weighted by atomic mass is 10.0. The Kier molecular flexibility index (Phi) is 4.23. The molecule has 1 amide bonds. The Bertz CT molecular complexity index is 642. The van der Waals surface area contributed by atoms with E-state index in [-0.39, 0.29) is 12.5 Å². The average molecular weight is 273 g/mol. The molecule has 19 heavy (non-hydrogen) atoms. The number of nitrogens with one attached hydrogen (secondary N) is 1. The van der Waals surface area contributed by atoms with Crippen molar-refractivity contribution in [1.82, 2.24) is 10.2 Å². The summed E-state index contributed by atoms with van der Waals surface area (Å²) in [5.74, 6) is 5.12. The summed E-state index contributed by atoms with van der Waals surface area (Å²) >= 11 is 1.25. The summed E-state index contributed by atoms with van der Waals surface area (Å²) in [5.41, 5.74) is 3.71. The number of benzene rings is 1. The van der Waals surface area contributed by atoms with Gasteiger partial charge in [-0.15, -0.1) is 10.2 Å². The number of hydrogen-bond donors (Lipinski definition) is 2. The number of aliphatic hydroxyl groups excluding tert-OH is 1. The van der Waals surface area contributed by atoms with Crippen LogP contribution in [-0.4, -0.2) is 27.8 Å². The first-order valence-corrected chi connectivity index (χ1v) is 6.36. The number of rotatable bonds is 2. The highest BCUT2D eigenvalue weighted by Crippen LogP contribution is 2.14. The van der Waals surface area contributed by atoms with Crippen molar-refractivity contribution in [2.75, 3.05) is 11.9 Å². The van der Waals surface area contributed by atoms with E-state index in [0.717, 1.165) is 11.1 Å². The number of anilines is 1. The number of amides is 1. The van der Waals surface area contributed by atoms with Crippen molar-refractivity contribution < 1.29 is 9.90 Å². The van der Waals surface area contributed by atoms with Crippen LogP contribution in [0.4, 0.5) is 5.13 Å². The Morgan fingerprint density at radius 1 is 1.53 bits per heavy atom. The minimum atomic E-state index is -0.260. The van der Waals surface area contributed by atoms with Gasteiger partial charge < -0.3 is 5.11 Å². The monoisotopic (exact) mass is 273 g/mol. The van der Waals surface area contributed by atoms with Crippen LogP contribution in [0.15, 0.2) is 23.7 Å². The van der Waals surface area contributed by atoms with Gasteiger partial charge in [0, 0.05) is 11.1 Å². The van der Waals surface area contributed by atoms with E-state index in [4.69, 9.17) is 5.11 Å². The summed E-state index contributed by atoms with van der Waals surface area (Å²) in [6.07, 6.45) is 0. The van der Waals surface area contributed by atoms with Crippen LogP contribution < -0.4 is 5.32 Å². The molecule has 0 saturated heterocycles. The van der Waals surface area contributed by atoms with E-state index in [9.17, 15) is 4.79 Å². The van der Waals surface area contributed by atoms with Gasteiger partial charge in [0.05, 0.1) is 0 Å². The maximum absolute atomic E-state index is 12.0. The highest BCUT2D eigenvalue weighted by Gasteiger charge is 2.09. The zero-order chi connectivity index (χ0) is 13.7. The lowest BCUT2D eigenvalue weighted by Crippen LogP contribution is -2.12. The first kappa shape index (κ1) is 13.2. The second kappa shape index (κ2) is 6.09. The molecule has 1 aromatic heterocycles. The Morgan fingerprint density at radius 2 is 2.37 bits per heavy atom. The molecule has 1 aromatic carbocycles. The van der Waals surface area contributed by atoms with E-state index in [1.807, 2.05) is 13.0 Å². The maximum Gasteiger partial charge on any atom is 0.257 e. The summed E-state index contributed by atoms with van der Waals surface area (Å²) in [6.45, 7) is 1.69. The molecule has 0 saturated carbocycles. The van der Waals surface area contributed by atoms with Crippen molar-refractivity contribution in [2.45, 2.75) is 6.92 Å². The molecular weight excluding hydrogens is 262 g/mol. The molecule has 2 rings (SSSR count). The average Bonchev–Trinajstić information content (AvgIpc) is 2.90. The molecule has 0 fully saturated rings. The van der Waals surface area contributed by atoms with Gasteiger partial charge in [-0.25, -0.2) is 0 Å². The van der Waals surface area contributed by atoms with Crippen molar-refractivity contribution in [3.8, 4) is 11.8 Å². The van der Waals surface area contributed by atoms with Crippen LogP contribution in [0.5, 0.6) is 0 Å². The number of carbonyl (C=O) groups is 1. The molecule has 96 valence electrons.